The summed E-state index contributed by atoms with van der Waals surface area (Å²) in [5.41, 5.74) is 2.01. The number of nitrogens with zero attached hydrogens (tertiary/aromatic N) is 4. The zero-order valence-corrected chi connectivity index (χ0v) is 17.3. The lowest BCUT2D eigenvalue weighted by atomic mass is 10.1. The van der Waals surface area contributed by atoms with Crippen LogP contribution < -0.4 is 20.8 Å². The maximum absolute atomic E-state index is 10.5. The first-order valence-corrected chi connectivity index (χ1v) is 10.2. The Hall–Kier alpha value is -3.01. The van der Waals surface area contributed by atoms with Gasteiger partial charge in [-0.15, -0.1) is 0 Å². The molecule has 3 atom stereocenters. The maximum atomic E-state index is 10.5. The molecule has 3 fully saturated rings. The van der Waals surface area contributed by atoms with Crippen LogP contribution in [0, 0.1) is 5.92 Å². The van der Waals surface area contributed by atoms with Crippen molar-refractivity contribution in [3.8, 4) is 0 Å². The van der Waals surface area contributed by atoms with Gasteiger partial charge in [0.2, 0.25) is 0 Å². The molecule has 2 aromatic heterocycles. The van der Waals surface area contributed by atoms with Crippen molar-refractivity contribution in [3.63, 3.8) is 0 Å². The lowest BCUT2D eigenvalue weighted by Crippen LogP contribution is -2.89. The quantitative estimate of drug-likeness (QED) is 0.450. The second-order valence-electron chi connectivity index (χ2n) is 8.20. The normalized spacial score (nSPS) is 23.6. The molecule has 0 spiro atoms. The monoisotopic (exact) mass is 498 g/mol. The highest BCUT2D eigenvalue weighted by atomic mass is 19.4. The van der Waals surface area contributed by atoms with Gasteiger partial charge >= 0.3 is 12.4 Å². The topological polar surface area (TPSA) is 157 Å². The third-order valence-electron chi connectivity index (χ3n) is 5.67. The predicted octanol–water partition coefficient (Wildman–Crippen LogP) is -2.32. The van der Waals surface area contributed by atoms with Crippen molar-refractivity contribution < 1.29 is 56.8 Å². The Labute approximate surface area is 187 Å². The van der Waals surface area contributed by atoms with Gasteiger partial charge in [-0.1, -0.05) is 0 Å². The number of quaternary nitrogens is 2. The van der Waals surface area contributed by atoms with Gasteiger partial charge in [0, 0.05) is 25.2 Å². The van der Waals surface area contributed by atoms with Gasteiger partial charge in [-0.2, -0.15) is 31.3 Å². The van der Waals surface area contributed by atoms with Crippen LogP contribution in [0.4, 0.5) is 32.2 Å². The van der Waals surface area contributed by atoms with Crippen molar-refractivity contribution in [1.29, 1.82) is 0 Å². The number of hydrogen-bond donors (Lipinski definition) is 2. The largest absolute Gasteiger partial charge is 0.542 e. The molecule has 4 N–H and O–H groups in total. The molecule has 5 rings (SSSR count). The first-order chi connectivity index (χ1) is 15.8. The number of carbonyl (C=O) groups excluding carboxylic acids is 2. The fourth-order valence-electron chi connectivity index (χ4n) is 4.01. The van der Waals surface area contributed by atoms with Gasteiger partial charge in [0.15, 0.2) is 11.2 Å². The Kier molecular flexibility index (Phi) is 7.30. The van der Waals surface area contributed by atoms with Crippen LogP contribution in [0.5, 0.6) is 0 Å². The fourth-order valence-corrected chi connectivity index (χ4v) is 4.01. The van der Waals surface area contributed by atoms with Crippen LogP contribution in [-0.2, 0) is 9.59 Å². The lowest BCUT2D eigenvalue weighted by Gasteiger charge is -2.21. The molecule has 0 aromatic carbocycles. The Morgan fingerprint density at radius 2 is 1.59 bits per heavy atom. The van der Waals surface area contributed by atoms with E-state index < -0.39 is 24.3 Å². The number of halogens is 6. The van der Waals surface area contributed by atoms with E-state index in [1.807, 2.05) is 6.33 Å². The SMILES string of the molecule is O=C([O-])C(F)(F)F.O=C([O-])C(F)(F)F.c1nc([NH2+]C2CC2)c2ncn(C3C[C@@H]4C[NH2+][C@H]3C4)c2n1. The summed E-state index contributed by atoms with van der Waals surface area (Å²) in [6.07, 6.45) is -1.45. The van der Waals surface area contributed by atoms with Crippen LogP contribution >= 0.6 is 0 Å². The number of carboxylic acid groups (broad SMARTS) is 2. The van der Waals surface area contributed by atoms with Crippen molar-refractivity contribution in [2.24, 2.45) is 5.92 Å². The third kappa shape index (κ3) is 6.31. The van der Waals surface area contributed by atoms with E-state index in [1.165, 1.54) is 32.2 Å². The summed E-state index contributed by atoms with van der Waals surface area (Å²) in [5, 5.41) is 22.3. The van der Waals surface area contributed by atoms with Crippen molar-refractivity contribution in [3.05, 3.63) is 12.7 Å². The molecule has 1 aliphatic heterocycles. The number of piperidine rings is 1. The average molecular weight is 498 g/mol. The second-order valence-corrected chi connectivity index (χ2v) is 8.20. The number of fused-ring (bicyclic) bond motifs is 3. The maximum Gasteiger partial charge on any atom is 0.430 e. The standard InChI is InChI=1S/C14H18N6.2C2HF3O2/c1-2-9(1)19-13-12-14(17-6-16-13)20(7-18-12)11-4-8-3-10(11)15-5-8;2*3-2(4,5)1(6)7/h6-11,15H,1-5H2,(H,16,17,19);2*(H,6,7)/t8-,10+,11?;;/m1../s1. The molecule has 10 nitrogen and oxygen atoms in total. The van der Waals surface area contributed by atoms with Crippen LogP contribution in [0.25, 0.3) is 11.2 Å². The molecule has 3 aliphatic rings. The zero-order valence-electron chi connectivity index (χ0n) is 17.3. The van der Waals surface area contributed by atoms with E-state index in [0.29, 0.717) is 12.1 Å². The number of carbonyl (C=O) groups is 2. The molecule has 2 aromatic rings. The first-order valence-electron chi connectivity index (χ1n) is 10.2. The number of aromatic nitrogens is 4. The van der Waals surface area contributed by atoms with E-state index in [1.54, 1.807) is 6.33 Å². The van der Waals surface area contributed by atoms with Crippen molar-refractivity contribution in [2.45, 2.75) is 56.2 Å². The molecule has 3 heterocycles. The van der Waals surface area contributed by atoms with E-state index in [0.717, 1.165) is 28.9 Å². The Morgan fingerprint density at radius 3 is 2.03 bits per heavy atom. The highest BCUT2D eigenvalue weighted by Crippen LogP contribution is 2.37. The number of nitrogens with two attached hydrogens (primary N) is 2. The Bertz CT molecular complexity index is 1010. The summed E-state index contributed by atoms with van der Waals surface area (Å²) in [5.74, 6) is -4.09. The van der Waals surface area contributed by atoms with E-state index in [2.05, 4.69) is 30.2 Å². The zero-order chi connectivity index (χ0) is 25.3. The molecule has 16 heteroatoms. The summed E-state index contributed by atoms with van der Waals surface area (Å²) in [4.78, 5) is 31.1. The van der Waals surface area contributed by atoms with Crippen LogP contribution in [0.2, 0.25) is 0 Å². The van der Waals surface area contributed by atoms with Gasteiger partial charge in [0.1, 0.15) is 24.3 Å². The third-order valence-corrected chi connectivity index (χ3v) is 5.67. The number of alkyl halides is 6. The molecular formula is C18H20F6N6O4. The highest BCUT2D eigenvalue weighted by molar-refractivity contribution is 5.78. The Balaban J connectivity index is 0.000000194. The molecular weight excluding hydrogens is 478 g/mol. The number of hydrogen-bond acceptors (Lipinski definition) is 7. The minimum atomic E-state index is -5.19. The molecule has 2 saturated carbocycles. The molecule has 188 valence electrons. The first kappa shape index (κ1) is 25.6. The molecule has 2 bridgehead atoms. The van der Waals surface area contributed by atoms with E-state index in [-0.39, 0.29) is 0 Å². The lowest BCUT2D eigenvalue weighted by molar-refractivity contribution is -0.682. The summed E-state index contributed by atoms with van der Waals surface area (Å²) in [6, 6.07) is 2.01. The summed E-state index contributed by atoms with van der Waals surface area (Å²) < 4.78 is 65.4. The average Bonchev–Trinajstić information content (AvgIpc) is 3.13. The van der Waals surface area contributed by atoms with Crippen molar-refractivity contribution in [1.82, 2.24) is 19.5 Å². The molecule has 0 radical (unpaired) electrons. The van der Waals surface area contributed by atoms with Crippen LogP contribution in [-0.4, -0.2) is 62.4 Å². The van der Waals surface area contributed by atoms with Crippen molar-refractivity contribution in [2.75, 3.05) is 6.54 Å². The predicted molar refractivity (Wildman–Crippen MR) is 94.4 cm³/mol. The minimum absolute atomic E-state index is 0.572. The highest BCUT2D eigenvalue weighted by Gasteiger charge is 2.45. The Morgan fingerprint density at radius 1 is 1.00 bits per heavy atom. The second kappa shape index (κ2) is 9.69. The van der Waals surface area contributed by atoms with Gasteiger partial charge in [-0.3, -0.25) is 5.32 Å². The summed E-state index contributed by atoms with van der Waals surface area (Å²) in [7, 11) is 0. The number of carboxylic acids is 2. The van der Waals surface area contributed by atoms with Crippen LogP contribution in [0.15, 0.2) is 12.7 Å². The van der Waals surface area contributed by atoms with Gasteiger partial charge in [0.25, 0.3) is 5.82 Å². The molecule has 34 heavy (non-hydrogen) atoms. The number of aliphatic carboxylic acids is 2. The van der Waals surface area contributed by atoms with Gasteiger partial charge in [-0.25, -0.2) is 9.97 Å². The minimum Gasteiger partial charge on any atom is -0.542 e. The summed E-state index contributed by atoms with van der Waals surface area (Å²) in [6.45, 7) is 1.31. The van der Waals surface area contributed by atoms with Gasteiger partial charge in [0.05, 0.1) is 25.0 Å². The van der Waals surface area contributed by atoms with Crippen LogP contribution in [0.3, 0.4) is 0 Å². The van der Waals surface area contributed by atoms with Gasteiger partial charge in [-0.05, 0) is 6.42 Å². The van der Waals surface area contributed by atoms with Crippen LogP contribution in [0.1, 0.15) is 31.7 Å². The molecule has 2 aliphatic carbocycles. The number of rotatable bonds is 3. The smallest absolute Gasteiger partial charge is 0.430 e. The van der Waals surface area contributed by atoms with E-state index >= 15 is 0 Å². The number of imidazole rings is 1. The molecule has 1 unspecified atom stereocenters. The van der Waals surface area contributed by atoms with Gasteiger partial charge < -0.3 is 29.7 Å². The molecule has 1 saturated heterocycles. The van der Waals surface area contributed by atoms with E-state index in [9.17, 15) is 26.3 Å². The van der Waals surface area contributed by atoms with Crippen molar-refractivity contribution >= 4 is 28.9 Å². The van der Waals surface area contributed by atoms with E-state index in [4.69, 9.17) is 19.8 Å². The summed E-state index contributed by atoms with van der Waals surface area (Å²) >= 11 is 0. The fraction of sp³-hybridized carbons (Fsp3) is 0.611. The molecule has 0 amide bonds.